The predicted molar refractivity (Wildman–Crippen MR) is 135 cm³/mol. The fourth-order valence-electron chi connectivity index (χ4n) is 3.50. The number of hydrogen-bond acceptors (Lipinski definition) is 5. The topological polar surface area (TPSA) is 104 Å². The molecule has 0 aliphatic rings. The average Bonchev–Trinajstić information content (AvgIpc) is 2.88. The minimum Gasteiger partial charge on any atom is -0.493 e. The molecule has 0 atom stereocenters. The zero-order valence-electron chi connectivity index (χ0n) is 18.7. The van der Waals surface area contributed by atoms with Crippen molar-refractivity contribution in [3.63, 3.8) is 0 Å². The van der Waals surface area contributed by atoms with Crippen molar-refractivity contribution in [3.8, 4) is 40.0 Å². The number of methoxy groups -OCH3 is 1. The van der Waals surface area contributed by atoms with E-state index in [1.165, 1.54) is 7.11 Å². The quantitative estimate of drug-likeness (QED) is 0.371. The van der Waals surface area contributed by atoms with Gasteiger partial charge in [-0.1, -0.05) is 48.0 Å². The van der Waals surface area contributed by atoms with Crippen LogP contribution in [0.15, 0.2) is 83.7 Å². The second-order valence-corrected chi connectivity index (χ2v) is 7.92. The van der Waals surface area contributed by atoms with Crippen molar-refractivity contribution < 1.29 is 14.3 Å². The lowest BCUT2D eigenvalue weighted by atomic mass is 9.98. The maximum Gasteiger partial charge on any atom is 0.266 e. The van der Waals surface area contributed by atoms with Crippen molar-refractivity contribution in [3.05, 3.63) is 99.8 Å². The molecule has 8 heteroatoms. The Bertz CT molecular complexity index is 1460. The van der Waals surface area contributed by atoms with Crippen molar-refractivity contribution in [1.29, 1.82) is 5.26 Å². The Labute approximate surface area is 206 Å². The molecule has 174 valence electrons. The van der Waals surface area contributed by atoms with Crippen LogP contribution in [0.3, 0.4) is 0 Å². The summed E-state index contributed by atoms with van der Waals surface area (Å²) in [6.07, 6.45) is 0. The second-order valence-electron chi connectivity index (χ2n) is 7.49. The maximum atomic E-state index is 12.6. The van der Waals surface area contributed by atoms with Crippen LogP contribution < -0.4 is 20.3 Å². The van der Waals surface area contributed by atoms with Gasteiger partial charge < -0.3 is 19.8 Å². The number of carbonyl (C=O) groups excluding carboxylic acids is 1. The highest BCUT2D eigenvalue weighted by Crippen LogP contribution is 2.34. The van der Waals surface area contributed by atoms with E-state index in [0.29, 0.717) is 39.0 Å². The van der Waals surface area contributed by atoms with Crippen molar-refractivity contribution in [2.45, 2.75) is 0 Å². The number of rotatable bonds is 7. The summed E-state index contributed by atoms with van der Waals surface area (Å²) in [5.74, 6) is 0.379. The molecule has 4 aromatic rings. The Balaban J connectivity index is 1.62. The SMILES string of the molecule is COc1cc(-c2cc(-c3ccc(Cl)cc3)[nH]c(=O)c2C#N)ccc1OCC(=O)Nc1ccccc1. The van der Waals surface area contributed by atoms with Crippen molar-refractivity contribution in [1.82, 2.24) is 4.98 Å². The summed E-state index contributed by atoms with van der Waals surface area (Å²) in [4.78, 5) is 27.6. The van der Waals surface area contributed by atoms with Crippen LogP contribution in [0.25, 0.3) is 22.4 Å². The molecule has 0 aliphatic heterocycles. The summed E-state index contributed by atoms with van der Waals surface area (Å²) < 4.78 is 11.1. The van der Waals surface area contributed by atoms with Gasteiger partial charge in [0.15, 0.2) is 18.1 Å². The molecule has 0 aliphatic carbocycles. The molecule has 0 bridgehead atoms. The molecule has 0 radical (unpaired) electrons. The zero-order valence-corrected chi connectivity index (χ0v) is 19.4. The zero-order chi connectivity index (χ0) is 24.8. The molecule has 0 unspecified atom stereocenters. The molecule has 1 amide bonds. The van der Waals surface area contributed by atoms with E-state index in [1.807, 2.05) is 24.3 Å². The number of para-hydroxylation sites is 1. The standard InChI is InChI=1S/C27H20ClN3O4/c1-34-25-13-18(9-12-24(25)35-16-26(32)30-20-5-3-2-4-6-20)21-14-23(31-27(33)22(21)15-29)17-7-10-19(28)11-8-17/h2-14H,16H2,1H3,(H,30,32)(H,31,33). The number of halogens is 1. The fraction of sp³-hybridized carbons (Fsp3) is 0.0741. The lowest BCUT2D eigenvalue weighted by Gasteiger charge is -2.14. The van der Waals surface area contributed by atoms with E-state index in [1.54, 1.807) is 60.7 Å². The van der Waals surface area contributed by atoms with Crippen LogP contribution in [0, 0.1) is 11.3 Å². The van der Waals surface area contributed by atoms with Crippen LogP contribution in [0.2, 0.25) is 5.02 Å². The molecule has 1 aromatic heterocycles. The van der Waals surface area contributed by atoms with Crippen LogP contribution in [0.5, 0.6) is 11.5 Å². The molecule has 0 spiro atoms. The highest BCUT2D eigenvalue weighted by Gasteiger charge is 2.16. The summed E-state index contributed by atoms with van der Waals surface area (Å²) in [5.41, 5.74) is 2.44. The summed E-state index contributed by atoms with van der Waals surface area (Å²) in [6.45, 7) is -0.222. The van der Waals surface area contributed by atoms with Gasteiger partial charge in [-0.15, -0.1) is 0 Å². The number of nitriles is 1. The third kappa shape index (κ3) is 5.52. The molecule has 3 aromatic carbocycles. The number of ether oxygens (including phenoxy) is 2. The van der Waals surface area contributed by atoms with E-state index in [2.05, 4.69) is 10.3 Å². The van der Waals surface area contributed by atoms with Crippen LogP contribution in [0.1, 0.15) is 5.56 Å². The van der Waals surface area contributed by atoms with Gasteiger partial charge in [-0.25, -0.2) is 0 Å². The molecule has 7 nitrogen and oxygen atoms in total. The first-order chi connectivity index (χ1) is 17.0. The fourth-order valence-corrected chi connectivity index (χ4v) is 3.63. The van der Waals surface area contributed by atoms with E-state index in [9.17, 15) is 14.9 Å². The Morgan fingerprint density at radius 3 is 2.40 bits per heavy atom. The Kier molecular flexibility index (Phi) is 7.15. The number of nitrogens with zero attached hydrogens (tertiary/aromatic N) is 1. The normalized spacial score (nSPS) is 10.3. The monoisotopic (exact) mass is 485 g/mol. The van der Waals surface area contributed by atoms with E-state index in [0.717, 1.165) is 5.56 Å². The lowest BCUT2D eigenvalue weighted by molar-refractivity contribution is -0.118. The van der Waals surface area contributed by atoms with Crippen molar-refractivity contribution >= 4 is 23.2 Å². The minimum atomic E-state index is -0.508. The average molecular weight is 486 g/mol. The number of aromatic amines is 1. The van der Waals surface area contributed by atoms with Crippen LogP contribution in [-0.4, -0.2) is 24.6 Å². The Morgan fingerprint density at radius 2 is 1.71 bits per heavy atom. The molecule has 1 heterocycles. The van der Waals surface area contributed by atoms with Gasteiger partial charge in [-0.2, -0.15) is 5.26 Å². The minimum absolute atomic E-state index is 0.0272. The number of aromatic nitrogens is 1. The van der Waals surface area contributed by atoms with Crippen LogP contribution >= 0.6 is 11.6 Å². The summed E-state index contributed by atoms with van der Waals surface area (Å²) >= 11 is 5.97. The van der Waals surface area contributed by atoms with Gasteiger partial charge in [0, 0.05) is 22.0 Å². The highest BCUT2D eigenvalue weighted by atomic mass is 35.5. The predicted octanol–water partition coefficient (Wildman–Crippen LogP) is 5.26. The molecule has 4 rings (SSSR count). The highest BCUT2D eigenvalue weighted by molar-refractivity contribution is 6.30. The number of pyridine rings is 1. The van der Waals surface area contributed by atoms with Gasteiger partial charge in [0.2, 0.25) is 0 Å². The molecule has 2 N–H and O–H groups in total. The van der Waals surface area contributed by atoms with E-state index < -0.39 is 5.56 Å². The number of benzene rings is 3. The largest absolute Gasteiger partial charge is 0.493 e. The summed E-state index contributed by atoms with van der Waals surface area (Å²) in [6, 6.07) is 24.7. The Hall–Kier alpha value is -4.54. The smallest absolute Gasteiger partial charge is 0.266 e. The van der Waals surface area contributed by atoms with Gasteiger partial charge in [-0.3, -0.25) is 9.59 Å². The van der Waals surface area contributed by atoms with Gasteiger partial charge >= 0.3 is 0 Å². The van der Waals surface area contributed by atoms with Gasteiger partial charge in [0.05, 0.1) is 7.11 Å². The number of nitrogens with one attached hydrogen (secondary N) is 2. The third-order valence-electron chi connectivity index (χ3n) is 5.19. The molecule has 35 heavy (non-hydrogen) atoms. The molecule has 0 saturated carbocycles. The number of carbonyl (C=O) groups is 1. The molecule has 0 saturated heterocycles. The van der Waals surface area contributed by atoms with E-state index >= 15 is 0 Å². The summed E-state index contributed by atoms with van der Waals surface area (Å²) in [7, 11) is 1.47. The lowest BCUT2D eigenvalue weighted by Crippen LogP contribution is -2.20. The van der Waals surface area contributed by atoms with E-state index in [-0.39, 0.29) is 18.1 Å². The first kappa shape index (κ1) is 23.6. The van der Waals surface area contributed by atoms with Crippen molar-refractivity contribution in [2.24, 2.45) is 0 Å². The number of H-pyrrole nitrogens is 1. The van der Waals surface area contributed by atoms with Crippen LogP contribution in [-0.2, 0) is 4.79 Å². The first-order valence-corrected chi connectivity index (χ1v) is 11.0. The molecule has 0 fully saturated rings. The molecular formula is C27H20ClN3O4. The molecular weight excluding hydrogens is 466 g/mol. The third-order valence-corrected chi connectivity index (χ3v) is 5.44. The van der Waals surface area contributed by atoms with Crippen LogP contribution in [0.4, 0.5) is 5.69 Å². The number of hydrogen-bond donors (Lipinski definition) is 2. The van der Waals surface area contributed by atoms with Gasteiger partial charge in [0.1, 0.15) is 11.6 Å². The Morgan fingerprint density at radius 1 is 1.00 bits per heavy atom. The van der Waals surface area contributed by atoms with E-state index in [4.69, 9.17) is 21.1 Å². The summed E-state index contributed by atoms with van der Waals surface area (Å²) in [5, 5.41) is 12.9. The van der Waals surface area contributed by atoms with Gasteiger partial charge in [0.25, 0.3) is 11.5 Å². The first-order valence-electron chi connectivity index (χ1n) is 10.6. The number of anilines is 1. The maximum absolute atomic E-state index is 12.6. The van der Waals surface area contributed by atoms with Gasteiger partial charge in [-0.05, 0) is 53.6 Å². The van der Waals surface area contributed by atoms with Crippen molar-refractivity contribution in [2.75, 3.05) is 19.0 Å². The second kappa shape index (κ2) is 10.6. The number of amides is 1.